The van der Waals surface area contributed by atoms with Gasteiger partial charge in [-0.05, 0) is 0 Å². The Morgan fingerprint density at radius 1 is 0.833 bits per heavy atom. The molecule has 2 N–H and O–H groups in total. The second-order valence-electron chi connectivity index (χ2n) is 6.42. The number of phenols is 1. The Balaban J connectivity index is 1.98. The van der Waals surface area contributed by atoms with Crippen molar-refractivity contribution in [1.82, 2.24) is 9.97 Å². The predicted octanol–water partition coefficient (Wildman–Crippen LogP) is 4.93. The fourth-order valence-electron chi connectivity index (χ4n) is 3.15. The third kappa shape index (κ3) is 3.35. The van der Waals surface area contributed by atoms with E-state index in [1.54, 1.807) is 0 Å². The molecule has 9 nitrogen and oxygen atoms in total. The molecule has 0 saturated carbocycles. The van der Waals surface area contributed by atoms with E-state index in [-0.39, 0.29) is 11.4 Å². The van der Waals surface area contributed by atoms with Crippen LogP contribution in [0.1, 0.15) is 0 Å². The van der Waals surface area contributed by atoms with Crippen LogP contribution in [0.3, 0.4) is 0 Å². The molecule has 9 heteroatoms. The third-order valence-electron chi connectivity index (χ3n) is 4.55. The Hall–Kier alpha value is -4.53. The molecular formula is C21H14N4O5. The number of H-pyrrole nitrogens is 1. The summed E-state index contributed by atoms with van der Waals surface area (Å²) in [4.78, 5) is 28.5. The van der Waals surface area contributed by atoms with Crippen LogP contribution in [0.25, 0.3) is 33.9 Å². The van der Waals surface area contributed by atoms with Gasteiger partial charge in [0, 0.05) is 17.2 Å². The van der Waals surface area contributed by atoms with Crippen molar-refractivity contribution >= 4 is 11.4 Å². The van der Waals surface area contributed by atoms with Crippen molar-refractivity contribution in [3.8, 4) is 39.7 Å². The van der Waals surface area contributed by atoms with Gasteiger partial charge in [-0.3, -0.25) is 20.2 Å². The number of rotatable bonds is 5. The molecular weight excluding hydrogens is 388 g/mol. The molecule has 0 aliphatic rings. The Kier molecular flexibility index (Phi) is 4.69. The van der Waals surface area contributed by atoms with Gasteiger partial charge in [0.1, 0.15) is 5.82 Å². The Labute approximate surface area is 169 Å². The molecule has 0 aliphatic carbocycles. The molecule has 4 aromatic rings. The number of non-ortho nitro benzene ring substituents is 1. The lowest BCUT2D eigenvalue weighted by molar-refractivity contribution is -0.394. The van der Waals surface area contributed by atoms with Gasteiger partial charge in [0.15, 0.2) is 0 Å². The normalized spacial score (nSPS) is 10.7. The van der Waals surface area contributed by atoms with Gasteiger partial charge in [-0.2, -0.15) is 0 Å². The van der Waals surface area contributed by atoms with Gasteiger partial charge >= 0.3 is 5.69 Å². The second-order valence-corrected chi connectivity index (χ2v) is 6.42. The summed E-state index contributed by atoms with van der Waals surface area (Å²) >= 11 is 0. The van der Waals surface area contributed by atoms with Crippen molar-refractivity contribution in [2.45, 2.75) is 0 Å². The first kappa shape index (κ1) is 18.8. The van der Waals surface area contributed by atoms with Crippen LogP contribution in [0.2, 0.25) is 0 Å². The minimum absolute atomic E-state index is 0.0806. The molecule has 0 fully saturated rings. The third-order valence-corrected chi connectivity index (χ3v) is 4.55. The summed E-state index contributed by atoms with van der Waals surface area (Å²) in [5, 5.41) is 33.0. The van der Waals surface area contributed by atoms with Crippen LogP contribution in [0.5, 0.6) is 5.75 Å². The lowest BCUT2D eigenvalue weighted by Crippen LogP contribution is -1.95. The van der Waals surface area contributed by atoms with Gasteiger partial charge in [-0.1, -0.05) is 60.7 Å². The molecule has 0 unspecified atom stereocenters. The quantitative estimate of drug-likeness (QED) is 0.359. The standard InChI is InChI=1S/C21H14N4O5/c26-20-16(11-15(24(27)28)12-17(20)25(29)30)21-22-18(13-7-3-1-4-8-13)19(23-21)14-9-5-2-6-10-14/h1-12,26H,(H,22,23). The summed E-state index contributed by atoms with van der Waals surface area (Å²) in [6.45, 7) is 0. The zero-order valence-electron chi connectivity index (χ0n) is 15.4. The molecule has 0 radical (unpaired) electrons. The second kappa shape index (κ2) is 7.47. The summed E-state index contributed by atoms with van der Waals surface area (Å²) in [5.41, 5.74) is 1.32. The average molecular weight is 402 g/mol. The van der Waals surface area contributed by atoms with E-state index in [4.69, 9.17) is 0 Å². The molecule has 3 aromatic carbocycles. The SMILES string of the molecule is O=[N+]([O-])c1cc(-c2nc(-c3ccccc3)c(-c3ccccc3)[nH]2)c(O)c([N+](=O)[O-])c1. The monoisotopic (exact) mass is 402 g/mol. The van der Waals surface area contributed by atoms with Crippen molar-refractivity contribution in [2.24, 2.45) is 0 Å². The summed E-state index contributed by atoms with van der Waals surface area (Å²) in [6, 6.07) is 20.3. The number of hydrogen-bond acceptors (Lipinski definition) is 6. The maximum absolute atomic E-state index is 11.3. The van der Waals surface area contributed by atoms with Crippen molar-refractivity contribution in [3.63, 3.8) is 0 Å². The summed E-state index contributed by atoms with van der Waals surface area (Å²) in [5.74, 6) is -0.615. The zero-order valence-corrected chi connectivity index (χ0v) is 15.4. The van der Waals surface area contributed by atoms with Crippen molar-refractivity contribution in [1.29, 1.82) is 0 Å². The lowest BCUT2D eigenvalue weighted by Gasteiger charge is -2.03. The maximum atomic E-state index is 11.3. The van der Waals surface area contributed by atoms with E-state index >= 15 is 0 Å². The molecule has 148 valence electrons. The van der Waals surface area contributed by atoms with Crippen LogP contribution in [0.4, 0.5) is 11.4 Å². The van der Waals surface area contributed by atoms with Crippen LogP contribution in [0.15, 0.2) is 72.8 Å². The van der Waals surface area contributed by atoms with Crippen molar-refractivity contribution < 1.29 is 15.0 Å². The highest BCUT2D eigenvalue weighted by atomic mass is 16.6. The van der Waals surface area contributed by atoms with Gasteiger partial charge in [-0.25, -0.2) is 4.98 Å². The van der Waals surface area contributed by atoms with Crippen LogP contribution in [-0.2, 0) is 0 Å². The number of aromatic amines is 1. The highest BCUT2D eigenvalue weighted by Crippen LogP contribution is 2.41. The largest absolute Gasteiger partial charge is 0.502 e. The lowest BCUT2D eigenvalue weighted by atomic mass is 10.1. The Bertz CT molecular complexity index is 1200. The van der Waals surface area contributed by atoms with E-state index in [2.05, 4.69) is 9.97 Å². The zero-order chi connectivity index (χ0) is 21.3. The topological polar surface area (TPSA) is 135 Å². The molecule has 0 aliphatic heterocycles. The first-order valence-electron chi connectivity index (χ1n) is 8.82. The Morgan fingerprint density at radius 2 is 1.43 bits per heavy atom. The average Bonchev–Trinajstić information content (AvgIpc) is 3.20. The number of hydrogen-bond donors (Lipinski definition) is 2. The number of aromatic nitrogens is 2. The maximum Gasteiger partial charge on any atom is 0.318 e. The predicted molar refractivity (Wildman–Crippen MR) is 110 cm³/mol. The Morgan fingerprint density at radius 3 is 2.00 bits per heavy atom. The first-order valence-corrected chi connectivity index (χ1v) is 8.82. The molecule has 0 bridgehead atoms. The molecule has 0 amide bonds. The first-order chi connectivity index (χ1) is 14.5. The van der Waals surface area contributed by atoms with Gasteiger partial charge in [0.05, 0.1) is 32.9 Å². The van der Waals surface area contributed by atoms with Crippen molar-refractivity contribution in [2.75, 3.05) is 0 Å². The molecule has 1 aromatic heterocycles. The summed E-state index contributed by atoms with van der Waals surface area (Å²) in [6.07, 6.45) is 0. The number of benzene rings is 3. The highest BCUT2D eigenvalue weighted by Gasteiger charge is 2.27. The number of nitro benzene ring substituents is 2. The van der Waals surface area contributed by atoms with Gasteiger partial charge in [0.25, 0.3) is 5.69 Å². The van der Waals surface area contributed by atoms with Gasteiger partial charge < -0.3 is 10.1 Å². The summed E-state index contributed by atoms with van der Waals surface area (Å²) < 4.78 is 0. The van der Waals surface area contributed by atoms with Crippen LogP contribution >= 0.6 is 0 Å². The van der Waals surface area contributed by atoms with Gasteiger partial charge in [0.2, 0.25) is 5.75 Å². The van der Waals surface area contributed by atoms with E-state index in [1.165, 1.54) is 0 Å². The highest BCUT2D eigenvalue weighted by molar-refractivity contribution is 5.83. The molecule has 30 heavy (non-hydrogen) atoms. The number of nitrogens with one attached hydrogen (secondary N) is 1. The minimum Gasteiger partial charge on any atom is -0.502 e. The number of nitro groups is 2. The van der Waals surface area contributed by atoms with E-state index in [0.29, 0.717) is 11.4 Å². The minimum atomic E-state index is -0.870. The van der Waals surface area contributed by atoms with E-state index in [9.17, 15) is 25.3 Å². The number of nitrogens with zero attached hydrogens (tertiary/aromatic N) is 3. The summed E-state index contributed by atoms with van der Waals surface area (Å²) in [7, 11) is 0. The van der Waals surface area contributed by atoms with E-state index < -0.39 is 27.0 Å². The smallest absolute Gasteiger partial charge is 0.318 e. The number of phenolic OH excluding ortho intramolecular Hbond substituents is 1. The molecule has 0 saturated heterocycles. The molecule has 4 rings (SSSR count). The fourth-order valence-corrected chi connectivity index (χ4v) is 3.15. The number of imidazole rings is 1. The molecule has 1 heterocycles. The van der Waals surface area contributed by atoms with Gasteiger partial charge in [-0.15, -0.1) is 0 Å². The molecule has 0 spiro atoms. The van der Waals surface area contributed by atoms with Crippen molar-refractivity contribution in [3.05, 3.63) is 93.0 Å². The number of aromatic hydroxyl groups is 1. The fraction of sp³-hybridized carbons (Fsp3) is 0. The van der Waals surface area contributed by atoms with Crippen LogP contribution < -0.4 is 0 Å². The van der Waals surface area contributed by atoms with E-state index in [1.807, 2.05) is 60.7 Å². The molecule has 0 atom stereocenters. The van der Waals surface area contributed by atoms with Crippen LogP contribution in [0, 0.1) is 20.2 Å². The van der Waals surface area contributed by atoms with Crippen LogP contribution in [-0.4, -0.2) is 24.9 Å². The van der Waals surface area contributed by atoms with E-state index in [0.717, 1.165) is 23.3 Å².